The number of ether oxygens (including phenoxy) is 4. The molecule has 9 nitrogen and oxygen atoms in total. The number of carbonyl (C=O) groups is 1. The second kappa shape index (κ2) is 11.3. The van der Waals surface area contributed by atoms with E-state index in [0.29, 0.717) is 31.2 Å². The van der Waals surface area contributed by atoms with Crippen LogP contribution in [-0.2, 0) is 23.7 Å². The van der Waals surface area contributed by atoms with Gasteiger partial charge in [-0.15, -0.1) is 0 Å². The van der Waals surface area contributed by atoms with Gasteiger partial charge in [-0.25, -0.2) is 23.1 Å². The van der Waals surface area contributed by atoms with Gasteiger partial charge in [-0.1, -0.05) is 18.2 Å². The summed E-state index contributed by atoms with van der Waals surface area (Å²) in [5.74, 6) is -0.887. The van der Waals surface area contributed by atoms with Crippen LogP contribution in [0.3, 0.4) is 0 Å². The largest absolute Gasteiger partial charge is 0.382 e. The Labute approximate surface area is 213 Å². The van der Waals surface area contributed by atoms with Crippen molar-refractivity contribution in [2.75, 3.05) is 39.4 Å². The summed E-state index contributed by atoms with van der Waals surface area (Å²) >= 11 is 0. The Bertz CT molecular complexity index is 1130. The number of carbonyl (C=O) groups excluding carboxylic acids is 1. The van der Waals surface area contributed by atoms with Gasteiger partial charge < -0.3 is 29.6 Å². The number of aromatic nitrogens is 2. The quantitative estimate of drug-likeness (QED) is 0.454. The Hall–Kier alpha value is -2.80. The highest BCUT2D eigenvalue weighted by atomic mass is 19.3. The predicted molar refractivity (Wildman–Crippen MR) is 127 cm³/mol. The molecule has 1 aromatic heterocycles. The van der Waals surface area contributed by atoms with E-state index in [2.05, 4.69) is 20.6 Å². The molecular weight excluding hydrogens is 493 g/mol. The van der Waals surface area contributed by atoms with Crippen LogP contribution in [0.15, 0.2) is 18.2 Å². The average Bonchev–Trinajstić information content (AvgIpc) is 3.37. The van der Waals surface area contributed by atoms with Gasteiger partial charge in [0, 0.05) is 19.8 Å². The van der Waals surface area contributed by atoms with Crippen LogP contribution in [0.2, 0.25) is 0 Å². The molecule has 37 heavy (non-hydrogen) atoms. The zero-order valence-electron chi connectivity index (χ0n) is 21.1. The van der Waals surface area contributed by atoms with Crippen molar-refractivity contribution in [1.82, 2.24) is 15.3 Å². The van der Waals surface area contributed by atoms with Gasteiger partial charge in [0.05, 0.1) is 48.2 Å². The molecule has 4 rings (SSSR count). The minimum atomic E-state index is -2.95. The third-order valence-corrected chi connectivity index (χ3v) is 6.44. The lowest BCUT2D eigenvalue weighted by molar-refractivity contribution is -0.133. The van der Waals surface area contributed by atoms with Crippen molar-refractivity contribution >= 4 is 11.7 Å². The Morgan fingerprint density at radius 3 is 2.46 bits per heavy atom. The maximum atomic E-state index is 14.9. The number of amides is 1. The number of nitrogens with one attached hydrogen (secondary N) is 2. The smallest absolute Gasteiger partial charge is 0.266 e. The first-order valence-electron chi connectivity index (χ1n) is 12.0. The van der Waals surface area contributed by atoms with Crippen molar-refractivity contribution in [2.24, 2.45) is 0 Å². The molecule has 1 aromatic carbocycles. The van der Waals surface area contributed by atoms with Crippen LogP contribution >= 0.6 is 0 Å². The van der Waals surface area contributed by atoms with Crippen molar-refractivity contribution in [3.8, 4) is 0 Å². The van der Waals surface area contributed by atoms with Crippen molar-refractivity contribution in [1.29, 1.82) is 0 Å². The molecule has 1 aliphatic carbocycles. The molecule has 202 valence electrons. The Morgan fingerprint density at radius 2 is 1.86 bits per heavy atom. The number of benzene rings is 1. The molecule has 2 heterocycles. The van der Waals surface area contributed by atoms with E-state index in [4.69, 9.17) is 18.9 Å². The van der Waals surface area contributed by atoms with Gasteiger partial charge in [-0.05, 0) is 26.7 Å². The van der Waals surface area contributed by atoms with Gasteiger partial charge in [-0.3, -0.25) is 4.79 Å². The SMILES string of the molecule is COCC1(NC(=O)C(OC)c2nc(C)nc(N[C@H](C)c3cccc(C(F)F)c3F)c2C2OCCO2)CC1. The number of methoxy groups -OCH3 is 2. The monoisotopic (exact) mass is 524 g/mol. The third-order valence-electron chi connectivity index (χ3n) is 6.44. The molecule has 2 fully saturated rings. The summed E-state index contributed by atoms with van der Waals surface area (Å²) < 4.78 is 63.7. The molecule has 2 aliphatic rings. The van der Waals surface area contributed by atoms with Crippen LogP contribution in [-0.4, -0.2) is 55.5 Å². The fourth-order valence-electron chi connectivity index (χ4n) is 4.43. The number of hydrogen-bond donors (Lipinski definition) is 2. The summed E-state index contributed by atoms with van der Waals surface area (Å²) in [5.41, 5.74) is -0.558. The van der Waals surface area contributed by atoms with Gasteiger partial charge in [0.15, 0.2) is 12.4 Å². The topological polar surface area (TPSA) is 104 Å². The highest BCUT2D eigenvalue weighted by molar-refractivity contribution is 5.83. The van der Waals surface area contributed by atoms with Gasteiger partial charge in [0.25, 0.3) is 12.3 Å². The van der Waals surface area contributed by atoms with Gasteiger partial charge in [0.1, 0.15) is 17.5 Å². The van der Waals surface area contributed by atoms with E-state index in [1.165, 1.54) is 19.2 Å². The summed E-state index contributed by atoms with van der Waals surface area (Å²) in [6.45, 7) is 4.23. The highest BCUT2D eigenvalue weighted by Crippen LogP contribution is 2.39. The number of anilines is 1. The van der Waals surface area contributed by atoms with Crippen LogP contribution in [0.4, 0.5) is 19.0 Å². The third kappa shape index (κ3) is 5.87. The number of nitrogens with zero attached hydrogens (tertiary/aromatic N) is 2. The molecule has 0 spiro atoms. The fourth-order valence-corrected chi connectivity index (χ4v) is 4.43. The molecule has 1 unspecified atom stereocenters. The summed E-state index contributed by atoms with van der Waals surface area (Å²) in [7, 11) is 2.96. The minimum absolute atomic E-state index is 0.0334. The van der Waals surface area contributed by atoms with Crippen LogP contribution in [0.25, 0.3) is 0 Å². The van der Waals surface area contributed by atoms with Gasteiger partial charge in [0.2, 0.25) is 0 Å². The first-order valence-corrected chi connectivity index (χ1v) is 12.0. The normalized spacial score (nSPS) is 18.6. The molecular formula is C25H31F3N4O5. The molecule has 2 atom stereocenters. The number of rotatable bonds is 11. The van der Waals surface area contributed by atoms with Gasteiger partial charge in [-0.2, -0.15) is 0 Å². The van der Waals surface area contributed by atoms with Crippen LogP contribution in [0, 0.1) is 12.7 Å². The van der Waals surface area contributed by atoms with Crippen LogP contribution in [0.5, 0.6) is 0 Å². The van der Waals surface area contributed by atoms with E-state index in [1.807, 2.05) is 0 Å². The molecule has 0 bridgehead atoms. The molecule has 12 heteroatoms. The van der Waals surface area contributed by atoms with E-state index < -0.39 is 47.7 Å². The lowest BCUT2D eigenvalue weighted by Gasteiger charge is -2.26. The Kier molecular flexibility index (Phi) is 8.32. The zero-order valence-corrected chi connectivity index (χ0v) is 21.1. The molecule has 2 aromatic rings. The van der Waals surface area contributed by atoms with E-state index in [0.717, 1.165) is 18.9 Å². The summed E-state index contributed by atoms with van der Waals surface area (Å²) in [6, 6.07) is 3.07. The van der Waals surface area contributed by atoms with Crippen LogP contribution in [0.1, 0.15) is 72.8 Å². The van der Waals surface area contributed by atoms with E-state index in [9.17, 15) is 18.0 Å². The Balaban J connectivity index is 1.71. The average molecular weight is 525 g/mol. The molecule has 1 saturated carbocycles. The van der Waals surface area contributed by atoms with Crippen molar-refractivity contribution in [3.63, 3.8) is 0 Å². The standard InChI is InChI=1S/C25H31F3N4O5/c1-13(15-6-5-7-16(18(15)26)21(27)28)29-22-17(24-36-10-11-37-24)19(30-14(2)31-22)20(35-4)23(33)32-25(8-9-25)12-34-3/h5-7,13,20-21,24H,8-12H2,1-4H3,(H,32,33)(H,29,30,31)/t13-,20?/m1/s1. The Morgan fingerprint density at radius 1 is 1.19 bits per heavy atom. The molecule has 2 N–H and O–H groups in total. The van der Waals surface area contributed by atoms with Crippen molar-refractivity contribution in [3.05, 3.63) is 52.2 Å². The van der Waals surface area contributed by atoms with E-state index in [1.54, 1.807) is 21.0 Å². The van der Waals surface area contributed by atoms with E-state index in [-0.39, 0.29) is 17.1 Å². The number of alkyl halides is 2. The highest BCUT2D eigenvalue weighted by Gasteiger charge is 2.46. The van der Waals surface area contributed by atoms with Crippen molar-refractivity contribution < 1.29 is 36.9 Å². The summed E-state index contributed by atoms with van der Waals surface area (Å²) in [5, 5.41) is 6.08. The van der Waals surface area contributed by atoms with Crippen molar-refractivity contribution in [2.45, 2.75) is 57.1 Å². The fraction of sp³-hybridized carbons (Fsp3) is 0.560. The molecule has 1 aliphatic heterocycles. The minimum Gasteiger partial charge on any atom is -0.382 e. The lowest BCUT2D eigenvalue weighted by atomic mass is 10.0. The van der Waals surface area contributed by atoms with Gasteiger partial charge >= 0.3 is 0 Å². The summed E-state index contributed by atoms with van der Waals surface area (Å²) in [4.78, 5) is 22.3. The predicted octanol–water partition coefficient (Wildman–Crippen LogP) is 4.06. The number of aryl methyl sites for hydroxylation is 1. The molecule has 1 saturated heterocycles. The second-order valence-electron chi connectivity index (χ2n) is 9.23. The first kappa shape index (κ1) is 27.2. The zero-order chi connectivity index (χ0) is 26.7. The summed E-state index contributed by atoms with van der Waals surface area (Å²) in [6.07, 6.45) is -3.44. The lowest BCUT2D eigenvalue weighted by Crippen LogP contribution is -2.43. The van der Waals surface area contributed by atoms with Crippen LogP contribution < -0.4 is 10.6 Å². The number of hydrogen-bond acceptors (Lipinski definition) is 8. The first-order chi connectivity index (χ1) is 17.7. The second-order valence-corrected chi connectivity index (χ2v) is 9.23. The molecule has 0 radical (unpaired) electrons. The van der Waals surface area contributed by atoms with E-state index >= 15 is 0 Å². The molecule has 1 amide bonds. The maximum Gasteiger partial charge on any atom is 0.266 e. The number of halogens is 3. The maximum absolute atomic E-state index is 14.9.